The molecule has 40 heavy (non-hydrogen) atoms. The summed E-state index contributed by atoms with van der Waals surface area (Å²) in [6.07, 6.45) is 3.72. The Morgan fingerprint density at radius 1 is 1.05 bits per heavy atom. The van der Waals surface area contributed by atoms with Crippen molar-refractivity contribution in [1.29, 1.82) is 0 Å². The largest absolute Gasteiger partial charge is 0.495 e. The zero-order valence-corrected chi connectivity index (χ0v) is 22.5. The first-order chi connectivity index (χ1) is 19.2. The fourth-order valence-corrected chi connectivity index (χ4v) is 4.51. The van der Waals surface area contributed by atoms with E-state index in [1.807, 2.05) is 12.1 Å². The van der Waals surface area contributed by atoms with E-state index in [9.17, 15) is 19.2 Å². The van der Waals surface area contributed by atoms with Gasteiger partial charge >= 0.3 is 5.97 Å². The van der Waals surface area contributed by atoms with Crippen LogP contribution in [0, 0.1) is 0 Å². The summed E-state index contributed by atoms with van der Waals surface area (Å²) in [5.41, 5.74) is 1.87. The van der Waals surface area contributed by atoms with Gasteiger partial charge in [-0.3, -0.25) is 23.9 Å². The molecule has 0 bridgehead atoms. The molecule has 0 spiro atoms. The summed E-state index contributed by atoms with van der Waals surface area (Å²) in [5.74, 6) is -1.51. The number of anilines is 1. The number of ketones is 1. The fraction of sp³-hybridized carbons (Fsp3) is 0.167. The number of nitrogens with zero attached hydrogens (tertiary/aromatic N) is 2. The number of amides is 1. The molecule has 0 saturated carbocycles. The second-order valence-electron chi connectivity index (χ2n) is 8.99. The number of pyridine rings is 2. The molecule has 204 valence electrons. The Balaban J connectivity index is 1.75. The van der Waals surface area contributed by atoms with Gasteiger partial charge in [-0.25, -0.2) is 4.79 Å². The van der Waals surface area contributed by atoms with Crippen molar-refractivity contribution < 1.29 is 24.2 Å². The monoisotopic (exact) mass is 559 g/mol. The minimum absolute atomic E-state index is 0.0761. The van der Waals surface area contributed by atoms with Crippen LogP contribution in [0.25, 0.3) is 11.1 Å². The van der Waals surface area contributed by atoms with E-state index in [1.54, 1.807) is 30.5 Å². The molecule has 0 aliphatic carbocycles. The van der Waals surface area contributed by atoms with Gasteiger partial charge in [-0.15, -0.1) is 0 Å². The molecular weight excluding hydrogens is 534 g/mol. The SMILES string of the molecule is COc1cn([C@@H](CCc2ccccn2)C(=O)Nc2ccc(C(=O)O)cc2)c(=O)cc1-c1cc(Cl)ccc1C(C)=O. The first kappa shape index (κ1) is 28.3. The van der Waals surface area contributed by atoms with Crippen LogP contribution in [-0.2, 0) is 11.2 Å². The molecule has 4 aromatic rings. The van der Waals surface area contributed by atoms with Crippen molar-refractivity contribution in [2.24, 2.45) is 0 Å². The third kappa shape index (κ3) is 6.44. The van der Waals surface area contributed by atoms with E-state index in [-0.39, 0.29) is 23.5 Å². The Morgan fingerprint density at radius 3 is 2.42 bits per heavy atom. The lowest BCUT2D eigenvalue weighted by atomic mass is 9.97. The highest BCUT2D eigenvalue weighted by Gasteiger charge is 2.25. The Morgan fingerprint density at radius 2 is 1.80 bits per heavy atom. The maximum atomic E-state index is 13.5. The summed E-state index contributed by atoms with van der Waals surface area (Å²) in [5, 5.41) is 12.3. The van der Waals surface area contributed by atoms with Crippen molar-refractivity contribution >= 4 is 34.9 Å². The zero-order chi connectivity index (χ0) is 28.8. The summed E-state index contributed by atoms with van der Waals surface area (Å²) in [7, 11) is 1.43. The molecule has 1 atom stereocenters. The molecule has 2 aromatic heterocycles. The van der Waals surface area contributed by atoms with Crippen LogP contribution in [-0.4, -0.2) is 39.4 Å². The second kappa shape index (κ2) is 12.4. The first-order valence-electron chi connectivity index (χ1n) is 12.3. The van der Waals surface area contributed by atoms with Gasteiger partial charge < -0.3 is 15.2 Å². The van der Waals surface area contributed by atoms with Gasteiger partial charge in [0.25, 0.3) is 5.56 Å². The summed E-state index contributed by atoms with van der Waals surface area (Å²) in [6.45, 7) is 1.42. The maximum absolute atomic E-state index is 13.5. The van der Waals surface area contributed by atoms with E-state index in [4.69, 9.17) is 21.4 Å². The number of methoxy groups -OCH3 is 1. The van der Waals surface area contributed by atoms with E-state index < -0.39 is 23.5 Å². The molecule has 0 aliphatic rings. The van der Waals surface area contributed by atoms with Crippen molar-refractivity contribution in [2.75, 3.05) is 12.4 Å². The number of hydrogen-bond donors (Lipinski definition) is 2. The topological polar surface area (TPSA) is 128 Å². The number of hydrogen-bond acceptors (Lipinski definition) is 6. The second-order valence-corrected chi connectivity index (χ2v) is 9.43. The summed E-state index contributed by atoms with van der Waals surface area (Å²) >= 11 is 6.21. The molecule has 0 fully saturated rings. The van der Waals surface area contributed by atoms with Crippen LogP contribution in [0.1, 0.15) is 45.8 Å². The van der Waals surface area contributed by atoms with Gasteiger partial charge in [0.05, 0.1) is 18.9 Å². The minimum Gasteiger partial charge on any atom is -0.495 e. The average Bonchev–Trinajstić information content (AvgIpc) is 2.94. The fourth-order valence-electron chi connectivity index (χ4n) is 4.34. The van der Waals surface area contributed by atoms with E-state index in [2.05, 4.69) is 10.3 Å². The number of carbonyl (C=O) groups is 3. The number of carbonyl (C=O) groups excluding carboxylic acids is 2. The number of nitrogens with one attached hydrogen (secondary N) is 1. The van der Waals surface area contributed by atoms with Gasteiger partial charge in [-0.2, -0.15) is 0 Å². The molecule has 0 radical (unpaired) electrons. The highest BCUT2D eigenvalue weighted by molar-refractivity contribution is 6.31. The van der Waals surface area contributed by atoms with Crippen molar-refractivity contribution in [3.8, 4) is 16.9 Å². The highest BCUT2D eigenvalue weighted by atomic mass is 35.5. The number of benzene rings is 2. The smallest absolute Gasteiger partial charge is 0.335 e. The van der Waals surface area contributed by atoms with Crippen LogP contribution in [0.15, 0.2) is 83.9 Å². The van der Waals surface area contributed by atoms with Gasteiger partial charge in [-0.1, -0.05) is 17.7 Å². The van der Waals surface area contributed by atoms with Crippen LogP contribution in [0.3, 0.4) is 0 Å². The van der Waals surface area contributed by atoms with Crippen LogP contribution >= 0.6 is 11.6 Å². The Hall–Kier alpha value is -4.76. The molecule has 2 N–H and O–H groups in total. The van der Waals surface area contributed by atoms with Gasteiger partial charge in [0.2, 0.25) is 5.91 Å². The number of aromatic nitrogens is 2. The maximum Gasteiger partial charge on any atom is 0.335 e. The van der Waals surface area contributed by atoms with E-state index in [0.29, 0.717) is 33.8 Å². The molecule has 10 heteroatoms. The van der Waals surface area contributed by atoms with Gasteiger partial charge in [0, 0.05) is 39.8 Å². The normalized spacial score (nSPS) is 11.5. The Kier molecular flexibility index (Phi) is 8.76. The van der Waals surface area contributed by atoms with Crippen LogP contribution in [0.4, 0.5) is 5.69 Å². The van der Waals surface area contributed by atoms with Crippen molar-refractivity contribution in [3.05, 3.63) is 111 Å². The Labute approximate surface area is 235 Å². The number of aryl methyl sites for hydroxylation is 1. The van der Waals surface area contributed by atoms with Crippen molar-refractivity contribution in [2.45, 2.75) is 25.8 Å². The van der Waals surface area contributed by atoms with Crippen molar-refractivity contribution in [3.63, 3.8) is 0 Å². The Bertz CT molecular complexity index is 1620. The van der Waals surface area contributed by atoms with E-state index >= 15 is 0 Å². The number of ether oxygens (including phenoxy) is 1. The summed E-state index contributed by atoms with van der Waals surface area (Å²) in [6, 6.07) is 16.3. The molecular formula is C30H26ClN3O6. The average molecular weight is 560 g/mol. The number of halogens is 1. The summed E-state index contributed by atoms with van der Waals surface area (Å²) in [4.78, 5) is 54.8. The van der Waals surface area contributed by atoms with Gasteiger partial charge in [-0.05, 0) is 79.9 Å². The molecule has 0 saturated heterocycles. The third-order valence-corrected chi connectivity index (χ3v) is 6.59. The predicted molar refractivity (Wildman–Crippen MR) is 151 cm³/mol. The quantitative estimate of drug-likeness (QED) is 0.253. The molecule has 9 nitrogen and oxygen atoms in total. The van der Waals surface area contributed by atoms with Gasteiger partial charge in [0.1, 0.15) is 11.8 Å². The number of aromatic carboxylic acids is 1. The molecule has 4 rings (SSSR count). The van der Waals surface area contributed by atoms with Gasteiger partial charge in [0.15, 0.2) is 5.78 Å². The standard InChI is InChI=1S/C30H26ClN3O6/c1-18(35)23-12-8-20(31)15-24(23)25-16-28(36)34(17-27(25)40-2)26(13-11-21-5-3-4-14-32-21)29(37)33-22-9-6-19(7-10-22)30(38)39/h3-10,12,14-17,26H,11,13H2,1-2H3,(H,33,37)(H,38,39)/t26-/m0/s1. The third-order valence-electron chi connectivity index (χ3n) is 6.35. The van der Waals surface area contributed by atoms with Crippen LogP contribution < -0.4 is 15.6 Å². The zero-order valence-electron chi connectivity index (χ0n) is 21.8. The van der Waals surface area contributed by atoms with Crippen LogP contribution in [0.5, 0.6) is 5.75 Å². The van der Waals surface area contributed by atoms with E-state index in [1.165, 1.54) is 55.1 Å². The van der Waals surface area contributed by atoms with E-state index in [0.717, 1.165) is 5.69 Å². The number of carboxylic acids is 1. The minimum atomic E-state index is -1.09. The summed E-state index contributed by atoms with van der Waals surface area (Å²) < 4.78 is 6.88. The molecule has 0 aliphatic heterocycles. The van der Waals surface area contributed by atoms with Crippen LogP contribution in [0.2, 0.25) is 5.02 Å². The van der Waals surface area contributed by atoms with Crippen molar-refractivity contribution in [1.82, 2.24) is 9.55 Å². The molecule has 2 aromatic carbocycles. The lowest BCUT2D eigenvalue weighted by Crippen LogP contribution is -2.33. The molecule has 1 amide bonds. The lowest BCUT2D eigenvalue weighted by Gasteiger charge is -2.22. The number of rotatable bonds is 10. The highest BCUT2D eigenvalue weighted by Crippen LogP contribution is 2.34. The number of Topliss-reactive ketones (excluding diaryl/α,β-unsaturated/α-hetero) is 1. The molecule has 0 unspecified atom stereocenters. The first-order valence-corrected chi connectivity index (χ1v) is 12.7. The molecule has 2 heterocycles. The number of carboxylic acid groups (broad SMARTS) is 1. The predicted octanol–water partition coefficient (Wildman–Crippen LogP) is 5.29. The lowest BCUT2D eigenvalue weighted by molar-refractivity contribution is -0.119.